The van der Waals surface area contributed by atoms with E-state index < -0.39 is 36.4 Å². The summed E-state index contributed by atoms with van der Waals surface area (Å²) in [6, 6.07) is 6.15. The molecular weight excluding hydrogens is 316 g/mol. The van der Waals surface area contributed by atoms with E-state index in [0.29, 0.717) is 11.3 Å². The molecule has 1 fully saturated rings. The molecule has 1 aliphatic heterocycles. The highest BCUT2D eigenvalue weighted by molar-refractivity contribution is 5.86. The molecule has 3 rings (SSSR count). The van der Waals surface area contributed by atoms with Crippen molar-refractivity contribution < 1.29 is 30.0 Å². The zero-order valence-electron chi connectivity index (χ0n) is 12.8. The topological polar surface area (TPSA) is 149 Å². The number of hydrogen-bond donors (Lipinski definition) is 6. The molecule has 130 valence electrons. The third-order valence-corrected chi connectivity index (χ3v) is 4.37. The molecule has 1 aromatic carbocycles. The molecular formula is C16H20N2O6. The number of carboxylic acid groups (broad SMARTS) is 1. The number of aromatic nitrogens is 1. The SMILES string of the molecule is N[C@@H](Cc1c([C@@H]2OC[C@@H](O)[C@@H](O)[C@H]2O)[nH]c2ccccc12)C(=O)O. The Morgan fingerprint density at radius 3 is 2.71 bits per heavy atom. The molecule has 0 radical (unpaired) electrons. The van der Waals surface area contributed by atoms with Gasteiger partial charge in [0.1, 0.15) is 30.5 Å². The average molecular weight is 336 g/mol. The number of aliphatic carboxylic acids is 1. The van der Waals surface area contributed by atoms with Gasteiger partial charge in [0.05, 0.1) is 12.3 Å². The second-order valence-corrected chi connectivity index (χ2v) is 6.01. The lowest BCUT2D eigenvalue weighted by Crippen LogP contribution is -2.49. The van der Waals surface area contributed by atoms with Gasteiger partial charge >= 0.3 is 5.97 Å². The maximum absolute atomic E-state index is 11.1. The Bertz CT molecular complexity index is 745. The first kappa shape index (κ1) is 16.9. The molecule has 0 spiro atoms. The Morgan fingerprint density at radius 2 is 2.00 bits per heavy atom. The number of H-pyrrole nitrogens is 1. The summed E-state index contributed by atoms with van der Waals surface area (Å²) in [7, 11) is 0. The summed E-state index contributed by atoms with van der Waals surface area (Å²) in [4.78, 5) is 14.2. The van der Waals surface area contributed by atoms with Crippen LogP contribution in [0.25, 0.3) is 10.9 Å². The molecule has 0 unspecified atom stereocenters. The van der Waals surface area contributed by atoms with Crippen LogP contribution in [0.2, 0.25) is 0 Å². The molecule has 5 atom stereocenters. The Morgan fingerprint density at radius 1 is 1.29 bits per heavy atom. The minimum atomic E-state index is -1.35. The van der Waals surface area contributed by atoms with Gasteiger partial charge in [-0.05, 0) is 11.6 Å². The summed E-state index contributed by atoms with van der Waals surface area (Å²) in [5, 5.41) is 39.6. The number of ether oxygens (including phenoxy) is 1. The first-order chi connectivity index (χ1) is 11.4. The molecule has 0 aliphatic carbocycles. The van der Waals surface area contributed by atoms with Crippen LogP contribution in [0.15, 0.2) is 24.3 Å². The number of carboxylic acids is 1. The molecule has 7 N–H and O–H groups in total. The normalized spacial score (nSPS) is 28.8. The average Bonchev–Trinajstić information content (AvgIpc) is 2.91. The molecule has 1 saturated heterocycles. The number of nitrogens with two attached hydrogens (primary N) is 1. The number of fused-ring (bicyclic) bond motifs is 1. The predicted octanol–water partition coefficient (Wildman–Crippen LogP) is -0.724. The molecule has 24 heavy (non-hydrogen) atoms. The van der Waals surface area contributed by atoms with Crippen molar-refractivity contribution in [1.82, 2.24) is 4.98 Å². The number of carbonyl (C=O) groups is 1. The van der Waals surface area contributed by atoms with E-state index in [2.05, 4.69) is 4.98 Å². The minimum absolute atomic E-state index is 0.0416. The largest absolute Gasteiger partial charge is 0.480 e. The summed E-state index contributed by atoms with van der Waals surface area (Å²) in [5.74, 6) is -1.13. The van der Waals surface area contributed by atoms with Crippen molar-refractivity contribution in [2.45, 2.75) is 36.9 Å². The van der Waals surface area contributed by atoms with E-state index in [1.165, 1.54) is 0 Å². The number of aliphatic hydroxyl groups excluding tert-OH is 3. The number of para-hydroxylation sites is 1. The van der Waals surface area contributed by atoms with Gasteiger partial charge in [0.25, 0.3) is 0 Å². The van der Waals surface area contributed by atoms with Crippen LogP contribution in [-0.4, -0.2) is 62.3 Å². The molecule has 8 nitrogen and oxygen atoms in total. The van der Waals surface area contributed by atoms with Crippen LogP contribution >= 0.6 is 0 Å². The van der Waals surface area contributed by atoms with Crippen LogP contribution in [0.4, 0.5) is 0 Å². The van der Waals surface area contributed by atoms with Crippen LogP contribution in [0.1, 0.15) is 17.4 Å². The van der Waals surface area contributed by atoms with Gasteiger partial charge < -0.3 is 35.9 Å². The Balaban J connectivity index is 2.05. The van der Waals surface area contributed by atoms with E-state index in [9.17, 15) is 20.1 Å². The van der Waals surface area contributed by atoms with Gasteiger partial charge in [-0.25, -0.2) is 0 Å². The number of rotatable bonds is 4. The van der Waals surface area contributed by atoms with Crippen molar-refractivity contribution >= 4 is 16.9 Å². The van der Waals surface area contributed by atoms with Crippen LogP contribution in [0.3, 0.4) is 0 Å². The molecule has 0 saturated carbocycles. The number of aromatic amines is 1. The van der Waals surface area contributed by atoms with E-state index in [-0.39, 0.29) is 13.0 Å². The summed E-state index contributed by atoms with van der Waals surface area (Å²) in [5.41, 5.74) is 7.50. The van der Waals surface area contributed by atoms with E-state index in [0.717, 1.165) is 10.9 Å². The maximum Gasteiger partial charge on any atom is 0.320 e. The second kappa shape index (κ2) is 6.50. The molecule has 2 aromatic rings. The van der Waals surface area contributed by atoms with E-state index >= 15 is 0 Å². The van der Waals surface area contributed by atoms with E-state index in [1.807, 2.05) is 24.3 Å². The van der Waals surface area contributed by atoms with Crippen molar-refractivity contribution in [3.8, 4) is 0 Å². The zero-order chi connectivity index (χ0) is 17.4. The Kier molecular flexibility index (Phi) is 4.57. The second-order valence-electron chi connectivity index (χ2n) is 6.01. The van der Waals surface area contributed by atoms with Crippen LogP contribution in [0.5, 0.6) is 0 Å². The van der Waals surface area contributed by atoms with Gasteiger partial charge in [0.15, 0.2) is 0 Å². The molecule has 0 bridgehead atoms. The van der Waals surface area contributed by atoms with Crippen molar-refractivity contribution in [3.63, 3.8) is 0 Å². The number of hydrogen-bond acceptors (Lipinski definition) is 6. The lowest BCUT2D eigenvalue weighted by molar-refractivity contribution is -0.190. The van der Waals surface area contributed by atoms with Gasteiger partial charge in [0.2, 0.25) is 0 Å². The van der Waals surface area contributed by atoms with Gasteiger partial charge in [0, 0.05) is 17.3 Å². The maximum atomic E-state index is 11.1. The first-order valence-corrected chi connectivity index (χ1v) is 7.63. The van der Waals surface area contributed by atoms with E-state index in [1.54, 1.807) is 0 Å². The predicted molar refractivity (Wildman–Crippen MR) is 84.3 cm³/mol. The van der Waals surface area contributed by atoms with E-state index in [4.69, 9.17) is 15.6 Å². The van der Waals surface area contributed by atoms with Gasteiger partial charge in [-0.3, -0.25) is 4.79 Å². The lowest BCUT2D eigenvalue weighted by atomic mass is 9.93. The summed E-state index contributed by atoms with van der Waals surface area (Å²) in [6.45, 7) is -0.136. The molecule has 1 aliphatic rings. The van der Waals surface area contributed by atoms with Crippen molar-refractivity contribution in [3.05, 3.63) is 35.5 Å². The highest BCUT2D eigenvalue weighted by atomic mass is 16.5. The molecule has 8 heteroatoms. The highest BCUT2D eigenvalue weighted by Crippen LogP contribution is 2.34. The third-order valence-electron chi connectivity index (χ3n) is 4.37. The fraction of sp³-hybridized carbons (Fsp3) is 0.438. The fourth-order valence-electron chi connectivity index (χ4n) is 3.05. The quantitative estimate of drug-likeness (QED) is 0.431. The minimum Gasteiger partial charge on any atom is -0.480 e. The summed E-state index contributed by atoms with van der Waals surface area (Å²) >= 11 is 0. The highest BCUT2D eigenvalue weighted by Gasteiger charge is 2.40. The summed E-state index contributed by atoms with van der Waals surface area (Å²) in [6.07, 6.45) is -4.74. The van der Waals surface area contributed by atoms with Gasteiger partial charge in [-0.2, -0.15) is 0 Å². The summed E-state index contributed by atoms with van der Waals surface area (Å²) < 4.78 is 5.49. The van der Waals surface area contributed by atoms with Crippen LogP contribution in [-0.2, 0) is 16.0 Å². The number of nitrogens with one attached hydrogen (secondary N) is 1. The van der Waals surface area contributed by atoms with Crippen LogP contribution < -0.4 is 5.73 Å². The number of benzene rings is 1. The molecule has 2 heterocycles. The Labute approximate surface area is 137 Å². The van der Waals surface area contributed by atoms with Crippen LogP contribution in [0, 0.1) is 0 Å². The lowest BCUT2D eigenvalue weighted by Gasteiger charge is -2.35. The molecule has 0 amide bonds. The monoisotopic (exact) mass is 336 g/mol. The third kappa shape index (κ3) is 2.90. The van der Waals surface area contributed by atoms with Gasteiger partial charge in [-0.15, -0.1) is 0 Å². The van der Waals surface area contributed by atoms with Crippen molar-refractivity contribution in [2.24, 2.45) is 5.73 Å². The zero-order valence-corrected chi connectivity index (χ0v) is 12.8. The van der Waals surface area contributed by atoms with Crippen molar-refractivity contribution in [1.29, 1.82) is 0 Å². The van der Waals surface area contributed by atoms with Gasteiger partial charge in [-0.1, -0.05) is 18.2 Å². The first-order valence-electron chi connectivity index (χ1n) is 7.63. The Hall–Kier alpha value is -1.97. The van der Waals surface area contributed by atoms with Crippen molar-refractivity contribution in [2.75, 3.05) is 6.61 Å². The number of aliphatic hydroxyl groups is 3. The molecule has 1 aromatic heterocycles. The standard InChI is InChI=1S/C16H20N2O6/c17-9(16(22)23)5-8-7-3-1-2-4-10(7)18-12(8)15-14(21)13(20)11(19)6-24-15/h1-4,9,11,13-15,18-21H,5-6,17H2,(H,22,23)/t9-,11+,13+,14+,15-/m0/s1. The fourth-order valence-corrected chi connectivity index (χ4v) is 3.05. The smallest absolute Gasteiger partial charge is 0.320 e.